The Morgan fingerprint density at radius 3 is 2.33 bits per heavy atom. The first-order valence-corrected chi connectivity index (χ1v) is 16.0. The van der Waals surface area contributed by atoms with Crippen molar-refractivity contribution in [1.82, 2.24) is 18.6 Å². The van der Waals surface area contributed by atoms with Crippen molar-refractivity contribution in [3.8, 4) is 22.4 Å². The van der Waals surface area contributed by atoms with Crippen LogP contribution in [0.15, 0.2) is 97.2 Å². The number of sulfonamides is 1. The van der Waals surface area contributed by atoms with Crippen molar-refractivity contribution in [2.24, 2.45) is 0 Å². The summed E-state index contributed by atoms with van der Waals surface area (Å²) in [5.41, 5.74) is 5.48. The molecular formula is C33H31N5O6S. The molecule has 0 atom stereocenters. The Balaban J connectivity index is 1.27. The fourth-order valence-electron chi connectivity index (χ4n) is 5.66. The number of methoxy groups -OCH3 is 1. The minimum absolute atomic E-state index is 0.0203. The molecule has 1 fully saturated rings. The summed E-state index contributed by atoms with van der Waals surface area (Å²) in [6, 6.07) is 26.9. The second kappa shape index (κ2) is 12.6. The van der Waals surface area contributed by atoms with Gasteiger partial charge in [0.15, 0.2) is 0 Å². The number of esters is 1. The molecule has 0 amide bonds. The van der Waals surface area contributed by atoms with Crippen LogP contribution in [0.2, 0.25) is 0 Å². The van der Waals surface area contributed by atoms with Crippen molar-refractivity contribution in [1.29, 1.82) is 0 Å². The summed E-state index contributed by atoms with van der Waals surface area (Å²) in [5, 5.41) is 11.5. The summed E-state index contributed by atoms with van der Waals surface area (Å²) in [7, 11) is -2.44. The third kappa shape index (κ3) is 6.34. The van der Waals surface area contributed by atoms with Crippen LogP contribution in [0.25, 0.3) is 28.0 Å². The first-order chi connectivity index (χ1) is 21.7. The Labute approximate surface area is 260 Å². The Kier molecular flexibility index (Phi) is 8.44. The van der Waals surface area contributed by atoms with E-state index < -0.39 is 20.9 Å². The lowest BCUT2D eigenvalue weighted by Gasteiger charge is -2.34. The maximum absolute atomic E-state index is 13.4. The molecule has 6 rings (SSSR count). The van der Waals surface area contributed by atoms with Gasteiger partial charge in [-0.25, -0.2) is 18.2 Å². The number of imidazole rings is 1. The molecule has 12 heteroatoms. The normalized spacial score (nSPS) is 14.4. The van der Waals surface area contributed by atoms with E-state index in [2.05, 4.69) is 4.90 Å². The number of pyridine rings is 1. The van der Waals surface area contributed by atoms with E-state index >= 15 is 0 Å². The van der Waals surface area contributed by atoms with E-state index in [1.807, 2.05) is 59.1 Å². The summed E-state index contributed by atoms with van der Waals surface area (Å²) in [6.07, 6.45) is 2.02. The molecule has 0 N–H and O–H groups in total. The molecule has 5 aromatic rings. The molecule has 1 aliphatic heterocycles. The van der Waals surface area contributed by atoms with Gasteiger partial charge in [-0.2, -0.15) is 4.31 Å². The number of benzene rings is 3. The average molecular weight is 626 g/mol. The van der Waals surface area contributed by atoms with Crippen LogP contribution < -0.4 is 0 Å². The van der Waals surface area contributed by atoms with E-state index in [0.29, 0.717) is 42.1 Å². The van der Waals surface area contributed by atoms with E-state index in [1.165, 1.54) is 23.5 Å². The maximum Gasteiger partial charge on any atom is 0.338 e. The van der Waals surface area contributed by atoms with E-state index in [9.17, 15) is 23.3 Å². The molecule has 2 aromatic heterocycles. The van der Waals surface area contributed by atoms with Crippen LogP contribution in [-0.4, -0.2) is 71.2 Å². The first kappa shape index (κ1) is 30.1. The van der Waals surface area contributed by atoms with E-state index in [-0.39, 0.29) is 30.1 Å². The number of hydrogen-bond donors (Lipinski definition) is 0. The zero-order valence-electron chi connectivity index (χ0n) is 24.6. The maximum atomic E-state index is 13.4. The minimum atomic E-state index is -3.70. The second-order valence-corrected chi connectivity index (χ2v) is 12.8. The SMILES string of the molecule is COC(=O)c1ccccc1CS(=O)(=O)N1CCN(Cc2c(-c3cccc([N+](=O)[O-])c3)nc3ccc(-c4ccccc4)cn23)CC1. The van der Waals surface area contributed by atoms with Gasteiger partial charge in [-0.05, 0) is 34.9 Å². The summed E-state index contributed by atoms with van der Waals surface area (Å²) in [4.78, 5) is 30.4. The van der Waals surface area contributed by atoms with Gasteiger partial charge in [0, 0.05) is 56.6 Å². The van der Waals surface area contributed by atoms with Crippen LogP contribution in [0.3, 0.4) is 0 Å². The molecule has 0 radical (unpaired) electrons. The number of piperazine rings is 1. The number of carbonyl (C=O) groups excluding carboxylic acids is 1. The van der Waals surface area contributed by atoms with Gasteiger partial charge in [-0.1, -0.05) is 60.7 Å². The Bertz CT molecular complexity index is 1990. The van der Waals surface area contributed by atoms with Crippen LogP contribution in [0.4, 0.5) is 5.69 Å². The van der Waals surface area contributed by atoms with E-state index in [4.69, 9.17) is 9.72 Å². The topological polar surface area (TPSA) is 127 Å². The summed E-state index contributed by atoms with van der Waals surface area (Å²) in [5.74, 6) is -0.876. The highest BCUT2D eigenvalue weighted by molar-refractivity contribution is 7.88. The molecule has 0 aliphatic carbocycles. The van der Waals surface area contributed by atoms with Gasteiger partial charge in [0.05, 0.1) is 34.7 Å². The molecule has 3 aromatic carbocycles. The number of rotatable bonds is 9. The Morgan fingerprint density at radius 2 is 1.60 bits per heavy atom. The van der Waals surface area contributed by atoms with Gasteiger partial charge in [0.25, 0.3) is 5.69 Å². The summed E-state index contributed by atoms with van der Waals surface area (Å²) in [6.45, 7) is 1.95. The number of fused-ring (bicyclic) bond motifs is 1. The lowest BCUT2D eigenvalue weighted by molar-refractivity contribution is -0.384. The van der Waals surface area contributed by atoms with Gasteiger partial charge in [-0.3, -0.25) is 15.0 Å². The zero-order valence-corrected chi connectivity index (χ0v) is 25.4. The monoisotopic (exact) mass is 625 g/mol. The number of nitrogens with zero attached hydrogens (tertiary/aromatic N) is 5. The van der Waals surface area contributed by atoms with Crippen LogP contribution in [-0.2, 0) is 27.1 Å². The lowest BCUT2D eigenvalue weighted by atomic mass is 10.1. The first-order valence-electron chi connectivity index (χ1n) is 14.4. The molecule has 0 bridgehead atoms. The molecular weight excluding hydrogens is 594 g/mol. The van der Waals surface area contributed by atoms with Gasteiger partial charge in [0.2, 0.25) is 10.0 Å². The minimum Gasteiger partial charge on any atom is -0.465 e. The van der Waals surface area contributed by atoms with Crippen molar-refractivity contribution in [3.05, 3.63) is 124 Å². The van der Waals surface area contributed by atoms with Gasteiger partial charge >= 0.3 is 5.97 Å². The molecule has 1 aliphatic rings. The van der Waals surface area contributed by atoms with Gasteiger partial charge in [0.1, 0.15) is 5.65 Å². The quantitative estimate of drug-likeness (QED) is 0.127. The molecule has 0 saturated carbocycles. The molecule has 0 unspecified atom stereocenters. The zero-order chi connectivity index (χ0) is 31.6. The van der Waals surface area contributed by atoms with Gasteiger partial charge in [-0.15, -0.1) is 0 Å². The Hall–Kier alpha value is -4.91. The predicted octanol–water partition coefficient (Wildman–Crippen LogP) is 5.01. The number of aromatic nitrogens is 2. The highest BCUT2D eigenvalue weighted by Crippen LogP contribution is 2.31. The smallest absolute Gasteiger partial charge is 0.338 e. The number of carbonyl (C=O) groups is 1. The lowest BCUT2D eigenvalue weighted by Crippen LogP contribution is -2.48. The number of hydrogen-bond acceptors (Lipinski definition) is 8. The van der Waals surface area contributed by atoms with Crippen LogP contribution >= 0.6 is 0 Å². The van der Waals surface area contributed by atoms with Crippen LogP contribution in [0, 0.1) is 10.1 Å². The number of nitro benzene ring substituents is 1. The summed E-state index contributed by atoms with van der Waals surface area (Å²) >= 11 is 0. The predicted molar refractivity (Wildman–Crippen MR) is 170 cm³/mol. The second-order valence-electron chi connectivity index (χ2n) is 10.8. The summed E-state index contributed by atoms with van der Waals surface area (Å²) < 4.78 is 35.1. The van der Waals surface area contributed by atoms with Crippen molar-refractivity contribution in [3.63, 3.8) is 0 Å². The van der Waals surface area contributed by atoms with Crippen molar-refractivity contribution < 1.29 is 22.9 Å². The van der Waals surface area contributed by atoms with Crippen molar-refractivity contribution >= 4 is 27.3 Å². The van der Waals surface area contributed by atoms with Crippen molar-refractivity contribution in [2.45, 2.75) is 12.3 Å². The van der Waals surface area contributed by atoms with Crippen molar-refractivity contribution in [2.75, 3.05) is 33.3 Å². The molecule has 230 valence electrons. The standard InChI is InChI=1S/C33H31N5O6S/c1-44-33(39)29-13-6-5-10-27(29)23-45(42,43)36-18-16-35(17-19-36)22-30-32(25-11-7-12-28(20-25)38(40)41)34-31-15-14-26(21-37(30)31)24-8-3-2-4-9-24/h2-15,20-21H,16-19,22-23H2,1H3. The average Bonchev–Trinajstić information content (AvgIpc) is 3.42. The highest BCUT2D eigenvalue weighted by Gasteiger charge is 2.30. The molecule has 45 heavy (non-hydrogen) atoms. The third-order valence-electron chi connectivity index (χ3n) is 8.01. The molecule has 0 spiro atoms. The van der Waals surface area contributed by atoms with E-state index in [1.54, 1.807) is 30.3 Å². The largest absolute Gasteiger partial charge is 0.465 e. The number of nitro groups is 1. The van der Waals surface area contributed by atoms with Crippen LogP contribution in [0.1, 0.15) is 21.6 Å². The third-order valence-corrected chi connectivity index (χ3v) is 9.84. The Morgan fingerprint density at radius 1 is 0.889 bits per heavy atom. The fraction of sp³-hybridized carbons (Fsp3) is 0.212. The molecule has 3 heterocycles. The van der Waals surface area contributed by atoms with Gasteiger partial charge < -0.3 is 9.14 Å². The fourth-order valence-corrected chi connectivity index (χ4v) is 7.21. The highest BCUT2D eigenvalue weighted by atomic mass is 32.2. The molecule has 11 nitrogen and oxygen atoms in total. The van der Waals surface area contributed by atoms with E-state index in [0.717, 1.165) is 16.8 Å². The van der Waals surface area contributed by atoms with Crippen LogP contribution in [0.5, 0.6) is 0 Å². The number of non-ortho nitro benzene ring substituents is 1. The molecule has 1 saturated heterocycles. The number of ether oxygens (including phenoxy) is 1.